The molecule has 0 fully saturated rings. The monoisotopic (exact) mass is 449 g/mol. The number of hydrogen-bond acceptors (Lipinski definition) is 5. The maximum absolute atomic E-state index is 12.7. The summed E-state index contributed by atoms with van der Waals surface area (Å²) in [5.74, 6) is -0.694. The molecule has 172 valence electrons. The molecule has 1 aromatic heterocycles. The third kappa shape index (κ3) is 7.53. The van der Waals surface area contributed by atoms with Crippen LogP contribution in [0, 0.1) is 0 Å². The van der Waals surface area contributed by atoms with Crippen molar-refractivity contribution in [2.45, 2.75) is 38.8 Å². The molecule has 0 saturated heterocycles. The molecular formula is C25H27N3O5. The Morgan fingerprint density at radius 2 is 1.52 bits per heavy atom. The zero-order chi connectivity index (χ0) is 23.8. The minimum absolute atomic E-state index is 0.197. The fourth-order valence-electron chi connectivity index (χ4n) is 2.98. The van der Waals surface area contributed by atoms with E-state index in [2.05, 4.69) is 16.0 Å². The van der Waals surface area contributed by atoms with Crippen molar-refractivity contribution < 1.29 is 23.5 Å². The average Bonchev–Trinajstić information content (AvgIpc) is 3.29. The number of furan rings is 1. The van der Waals surface area contributed by atoms with Gasteiger partial charge in [0.2, 0.25) is 0 Å². The number of benzene rings is 2. The van der Waals surface area contributed by atoms with Crippen LogP contribution in [0.3, 0.4) is 0 Å². The molecule has 2 aromatic carbocycles. The fourth-order valence-corrected chi connectivity index (χ4v) is 2.98. The summed E-state index contributed by atoms with van der Waals surface area (Å²) in [5, 5.41) is 8.09. The van der Waals surface area contributed by atoms with E-state index in [1.165, 1.54) is 6.26 Å². The summed E-state index contributed by atoms with van der Waals surface area (Å²) in [6, 6.07) is 17.7. The molecule has 1 heterocycles. The largest absolute Gasteiger partial charge is 0.459 e. The molecular weight excluding hydrogens is 422 g/mol. The van der Waals surface area contributed by atoms with E-state index in [1.54, 1.807) is 57.2 Å². The summed E-state index contributed by atoms with van der Waals surface area (Å²) in [5.41, 5.74) is 1.25. The van der Waals surface area contributed by atoms with Crippen molar-refractivity contribution in [3.63, 3.8) is 0 Å². The van der Waals surface area contributed by atoms with Gasteiger partial charge in [-0.05, 0) is 62.7 Å². The van der Waals surface area contributed by atoms with Gasteiger partial charge in [-0.15, -0.1) is 0 Å². The topological polar surface area (TPSA) is 110 Å². The van der Waals surface area contributed by atoms with Gasteiger partial charge in [0.05, 0.1) is 6.26 Å². The van der Waals surface area contributed by atoms with Gasteiger partial charge in [-0.1, -0.05) is 30.3 Å². The normalized spacial score (nSPS) is 11.8. The Bertz CT molecular complexity index is 1070. The van der Waals surface area contributed by atoms with Crippen LogP contribution in [-0.4, -0.2) is 29.6 Å². The van der Waals surface area contributed by atoms with Gasteiger partial charge in [0.25, 0.3) is 5.91 Å². The lowest BCUT2D eigenvalue weighted by Crippen LogP contribution is -2.47. The lowest BCUT2D eigenvalue weighted by molar-refractivity contribution is -0.157. The Labute approximate surface area is 192 Å². The molecule has 0 radical (unpaired) electrons. The molecule has 0 aliphatic heterocycles. The second kappa shape index (κ2) is 10.5. The molecule has 0 bridgehead atoms. The van der Waals surface area contributed by atoms with E-state index in [0.29, 0.717) is 17.8 Å². The van der Waals surface area contributed by atoms with Crippen LogP contribution in [0.15, 0.2) is 77.4 Å². The fraction of sp³-hybridized carbons (Fsp3) is 0.240. The molecule has 0 saturated carbocycles. The van der Waals surface area contributed by atoms with E-state index in [4.69, 9.17) is 9.15 Å². The van der Waals surface area contributed by atoms with Crippen LogP contribution >= 0.6 is 0 Å². The predicted molar refractivity (Wildman–Crippen MR) is 125 cm³/mol. The highest BCUT2D eigenvalue weighted by molar-refractivity contribution is 6.02. The van der Waals surface area contributed by atoms with Crippen molar-refractivity contribution in [3.05, 3.63) is 84.3 Å². The van der Waals surface area contributed by atoms with Crippen LogP contribution in [0.25, 0.3) is 0 Å². The number of anilines is 2. The number of esters is 1. The summed E-state index contributed by atoms with van der Waals surface area (Å²) in [4.78, 5) is 37.3. The van der Waals surface area contributed by atoms with E-state index in [-0.39, 0.29) is 11.7 Å². The quantitative estimate of drug-likeness (QED) is 0.457. The number of carbonyl (C=O) groups excluding carboxylic acids is 3. The van der Waals surface area contributed by atoms with Crippen molar-refractivity contribution in [3.8, 4) is 0 Å². The molecule has 0 aliphatic carbocycles. The van der Waals surface area contributed by atoms with E-state index in [0.717, 1.165) is 5.56 Å². The Kier molecular flexibility index (Phi) is 7.50. The molecule has 3 N–H and O–H groups in total. The van der Waals surface area contributed by atoms with Gasteiger partial charge in [-0.2, -0.15) is 0 Å². The predicted octanol–water partition coefficient (Wildman–Crippen LogP) is 4.61. The Hall–Kier alpha value is -4.07. The summed E-state index contributed by atoms with van der Waals surface area (Å²) < 4.78 is 10.5. The minimum Gasteiger partial charge on any atom is -0.459 e. The van der Waals surface area contributed by atoms with E-state index < -0.39 is 23.6 Å². The number of hydrogen-bond donors (Lipinski definition) is 3. The first-order valence-corrected chi connectivity index (χ1v) is 10.5. The van der Waals surface area contributed by atoms with Gasteiger partial charge in [0.15, 0.2) is 5.76 Å². The summed E-state index contributed by atoms with van der Waals surface area (Å²) in [7, 11) is 0. The van der Waals surface area contributed by atoms with Crippen LogP contribution in [0.4, 0.5) is 16.2 Å². The van der Waals surface area contributed by atoms with Gasteiger partial charge < -0.3 is 25.1 Å². The Morgan fingerprint density at radius 1 is 0.879 bits per heavy atom. The molecule has 3 rings (SSSR count). The Morgan fingerprint density at radius 3 is 2.09 bits per heavy atom. The van der Waals surface area contributed by atoms with Crippen LogP contribution in [-0.2, 0) is 16.0 Å². The van der Waals surface area contributed by atoms with Crippen molar-refractivity contribution >= 4 is 29.3 Å². The third-order valence-electron chi connectivity index (χ3n) is 4.42. The first-order chi connectivity index (χ1) is 15.7. The van der Waals surface area contributed by atoms with Crippen LogP contribution in [0.2, 0.25) is 0 Å². The average molecular weight is 450 g/mol. The van der Waals surface area contributed by atoms with Gasteiger partial charge in [0.1, 0.15) is 11.6 Å². The number of urea groups is 1. The number of carbonyl (C=O) groups is 3. The molecule has 0 aliphatic rings. The highest BCUT2D eigenvalue weighted by Crippen LogP contribution is 2.16. The number of nitrogens with one attached hydrogen (secondary N) is 3. The third-order valence-corrected chi connectivity index (χ3v) is 4.42. The number of amides is 3. The van der Waals surface area contributed by atoms with Crippen molar-refractivity contribution in [1.82, 2.24) is 5.32 Å². The minimum atomic E-state index is -0.863. The lowest BCUT2D eigenvalue weighted by Gasteiger charge is -2.24. The standard InChI is InChI=1S/C25H27N3O5/c1-25(2,3)33-23(30)20(16-17-8-5-4-6-9-17)28-24(31)27-19-13-11-18(12-14-19)26-22(29)21-10-7-15-32-21/h4-15,20H,16H2,1-3H3,(H,26,29)(H2,27,28,31)/t20-/m0/s1. The van der Waals surface area contributed by atoms with E-state index in [1.807, 2.05) is 30.3 Å². The molecule has 33 heavy (non-hydrogen) atoms. The van der Waals surface area contributed by atoms with Gasteiger partial charge in [-0.25, -0.2) is 9.59 Å². The van der Waals surface area contributed by atoms with Crippen molar-refractivity contribution in [1.29, 1.82) is 0 Å². The molecule has 3 aromatic rings. The highest BCUT2D eigenvalue weighted by atomic mass is 16.6. The second-order valence-electron chi connectivity index (χ2n) is 8.38. The summed E-state index contributed by atoms with van der Waals surface area (Å²) in [6.45, 7) is 5.32. The SMILES string of the molecule is CC(C)(C)OC(=O)[C@H](Cc1ccccc1)NC(=O)Nc1ccc(NC(=O)c2ccco2)cc1. The van der Waals surface area contributed by atoms with Crippen LogP contribution < -0.4 is 16.0 Å². The molecule has 1 atom stereocenters. The van der Waals surface area contributed by atoms with Crippen LogP contribution in [0.1, 0.15) is 36.9 Å². The van der Waals surface area contributed by atoms with Gasteiger partial charge in [-0.3, -0.25) is 4.79 Å². The van der Waals surface area contributed by atoms with Crippen LogP contribution in [0.5, 0.6) is 0 Å². The first-order valence-electron chi connectivity index (χ1n) is 10.5. The highest BCUT2D eigenvalue weighted by Gasteiger charge is 2.27. The Balaban J connectivity index is 1.61. The van der Waals surface area contributed by atoms with Crippen molar-refractivity contribution in [2.24, 2.45) is 0 Å². The summed E-state index contributed by atoms with van der Waals surface area (Å²) >= 11 is 0. The number of ether oxygens (including phenoxy) is 1. The summed E-state index contributed by atoms with van der Waals surface area (Å²) in [6.07, 6.45) is 1.71. The van der Waals surface area contributed by atoms with Gasteiger partial charge >= 0.3 is 12.0 Å². The molecule has 8 heteroatoms. The number of rotatable bonds is 7. The smallest absolute Gasteiger partial charge is 0.329 e. The molecule has 3 amide bonds. The van der Waals surface area contributed by atoms with Gasteiger partial charge in [0, 0.05) is 17.8 Å². The van der Waals surface area contributed by atoms with E-state index >= 15 is 0 Å². The molecule has 0 unspecified atom stereocenters. The molecule has 0 spiro atoms. The zero-order valence-corrected chi connectivity index (χ0v) is 18.8. The maximum atomic E-state index is 12.7. The maximum Gasteiger partial charge on any atom is 0.329 e. The second-order valence-corrected chi connectivity index (χ2v) is 8.38. The zero-order valence-electron chi connectivity index (χ0n) is 18.8. The molecule has 8 nitrogen and oxygen atoms in total. The lowest BCUT2D eigenvalue weighted by atomic mass is 10.1. The van der Waals surface area contributed by atoms with Crippen molar-refractivity contribution in [2.75, 3.05) is 10.6 Å². The van der Waals surface area contributed by atoms with E-state index in [9.17, 15) is 14.4 Å². The first kappa shape index (κ1) is 23.6.